The average molecular weight is 433 g/mol. The number of oxazole rings is 1. The summed E-state index contributed by atoms with van der Waals surface area (Å²) in [4.78, 5) is 13.0. The highest BCUT2D eigenvalue weighted by atomic mass is 35.5. The number of rotatable bonds is 6. The zero-order valence-electron chi connectivity index (χ0n) is 17.4. The number of benzene rings is 2. The Balaban J connectivity index is 1.53. The third kappa shape index (κ3) is 4.75. The molecule has 0 bridgehead atoms. The van der Waals surface area contributed by atoms with Crippen LogP contribution in [-0.4, -0.2) is 15.0 Å². The lowest BCUT2D eigenvalue weighted by Crippen LogP contribution is -2.00. The first-order chi connectivity index (χ1) is 15.0. The molecule has 0 aliphatic rings. The number of aromatic nitrogens is 3. The molecule has 0 radical (unpaired) electrons. The molecule has 0 spiro atoms. The number of ether oxygens (including phenoxy) is 1. The third-order valence-corrected chi connectivity index (χ3v) is 4.87. The predicted molar refractivity (Wildman–Crippen MR) is 123 cm³/mol. The van der Waals surface area contributed by atoms with Crippen molar-refractivity contribution in [3.8, 4) is 23.0 Å². The Labute approximate surface area is 185 Å². The molecule has 4 rings (SSSR count). The van der Waals surface area contributed by atoms with Gasteiger partial charge in [-0.15, -0.1) is 0 Å². The first-order valence-electron chi connectivity index (χ1n) is 9.75. The molecule has 0 aliphatic heterocycles. The first-order valence-corrected chi connectivity index (χ1v) is 10.1. The molecule has 0 fully saturated rings. The molecule has 2 aromatic heterocycles. The molecule has 6 nitrogen and oxygen atoms in total. The summed E-state index contributed by atoms with van der Waals surface area (Å²) >= 11 is 6.49. The third-order valence-electron chi connectivity index (χ3n) is 4.57. The van der Waals surface area contributed by atoms with Gasteiger partial charge in [0.1, 0.15) is 29.9 Å². The van der Waals surface area contributed by atoms with Crippen LogP contribution in [0.4, 0.5) is 11.5 Å². The maximum absolute atomic E-state index is 6.49. The SMILES string of the molecule is C/C=C\c1ncnc(Nc2ccc(Oc3cccc(-c4nc(C)co4)c3)c(Cl)c2)c1C. The molecule has 156 valence electrons. The van der Waals surface area contributed by atoms with Crippen LogP contribution in [0.2, 0.25) is 5.02 Å². The van der Waals surface area contributed by atoms with Gasteiger partial charge in [0, 0.05) is 16.8 Å². The minimum absolute atomic E-state index is 0.475. The summed E-state index contributed by atoms with van der Waals surface area (Å²) in [5.41, 5.74) is 4.28. The van der Waals surface area contributed by atoms with Crippen LogP contribution in [-0.2, 0) is 0 Å². The highest BCUT2D eigenvalue weighted by molar-refractivity contribution is 6.32. The molecule has 7 heteroatoms. The molecule has 31 heavy (non-hydrogen) atoms. The molecule has 0 unspecified atom stereocenters. The molecule has 0 atom stereocenters. The second kappa shape index (κ2) is 9.02. The molecule has 0 saturated carbocycles. The number of hydrogen-bond acceptors (Lipinski definition) is 6. The number of halogens is 1. The van der Waals surface area contributed by atoms with Crippen molar-refractivity contribution < 1.29 is 9.15 Å². The Kier molecular flexibility index (Phi) is 6.00. The summed E-state index contributed by atoms with van der Waals surface area (Å²) in [6, 6.07) is 13.0. The molecule has 2 heterocycles. The lowest BCUT2D eigenvalue weighted by Gasteiger charge is -2.12. The fourth-order valence-corrected chi connectivity index (χ4v) is 3.24. The standard InChI is InChI=1S/C24H21ClN4O2/c1-4-6-21-16(3)23(27-14-26-21)29-18-9-10-22(20(25)12-18)31-19-8-5-7-17(11-19)24-28-15(2)13-30-24/h4-14H,1-3H3,(H,26,27,29)/b6-4-. The molecule has 1 N–H and O–H groups in total. The van der Waals surface area contributed by atoms with E-state index >= 15 is 0 Å². The Morgan fingerprint density at radius 2 is 1.97 bits per heavy atom. The quantitative estimate of drug-likeness (QED) is 0.354. The summed E-state index contributed by atoms with van der Waals surface area (Å²) in [5.74, 6) is 2.45. The molecular formula is C24H21ClN4O2. The summed E-state index contributed by atoms with van der Waals surface area (Å²) in [6.07, 6.45) is 7.04. The summed E-state index contributed by atoms with van der Waals surface area (Å²) < 4.78 is 11.5. The summed E-state index contributed by atoms with van der Waals surface area (Å²) in [5, 5.41) is 3.76. The molecule has 4 aromatic rings. The van der Waals surface area contributed by atoms with E-state index in [1.165, 1.54) is 6.33 Å². The average Bonchev–Trinajstić information content (AvgIpc) is 3.20. The van der Waals surface area contributed by atoms with Gasteiger partial charge in [0.2, 0.25) is 5.89 Å². The van der Waals surface area contributed by atoms with Gasteiger partial charge in [-0.2, -0.15) is 0 Å². The lowest BCUT2D eigenvalue weighted by molar-refractivity contribution is 0.482. The lowest BCUT2D eigenvalue weighted by atomic mass is 10.2. The molecule has 0 saturated heterocycles. The van der Waals surface area contributed by atoms with Gasteiger partial charge >= 0.3 is 0 Å². The van der Waals surface area contributed by atoms with Crippen LogP contribution in [0, 0.1) is 13.8 Å². The number of aryl methyl sites for hydroxylation is 1. The van der Waals surface area contributed by atoms with E-state index in [9.17, 15) is 0 Å². The smallest absolute Gasteiger partial charge is 0.226 e. The Morgan fingerprint density at radius 3 is 2.71 bits per heavy atom. The van der Waals surface area contributed by atoms with Crippen LogP contribution in [0.25, 0.3) is 17.5 Å². The van der Waals surface area contributed by atoms with Crippen molar-refractivity contribution in [2.45, 2.75) is 20.8 Å². The van der Waals surface area contributed by atoms with E-state index in [0.29, 0.717) is 22.4 Å². The van der Waals surface area contributed by atoms with E-state index in [1.807, 2.05) is 69.3 Å². The zero-order chi connectivity index (χ0) is 21.8. The van der Waals surface area contributed by atoms with E-state index in [1.54, 1.807) is 12.3 Å². The van der Waals surface area contributed by atoms with Crippen LogP contribution in [0.3, 0.4) is 0 Å². The van der Waals surface area contributed by atoms with Crippen LogP contribution >= 0.6 is 11.6 Å². The normalized spacial score (nSPS) is 11.1. The van der Waals surface area contributed by atoms with E-state index < -0.39 is 0 Å². The maximum Gasteiger partial charge on any atom is 0.226 e. The second-order valence-corrected chi connectivity index (χ2v) is 7.33. The van der Waals surface area contributed by atoms with Crippen molar-refractivity contribution in [1.82, 2.24) is 15.0 Å². The van der Waals surface area contributed by atoms with Crippen molar-refractivity contribution >= 4 is 29.2 Å². The van der Waals surface area contributed by atoms with Crippen molar-refractivity contribution in [3.05, 3.63) is 83.1 Å². The van der Waals surface area contributed by atoms with Gasteiger partial charge in [-0.25, -0.2) is 15.0 Å². The Morgan fingerprint density at radius 1 is 1.10 bits per heavy atom. The van der Waals surface area contributed by atoms with Gasteiger partial charge in [-0.05, 0) is 63.2 Å². The van der Waals surface area contributed by atoms with Gasteiger partial charge in [0.15, 0.2) is 0 Å². The molecule has 2 aromatic carbocycles. The fourth-order valence-electron chi connectivity index (χ4n) is 3.02. The summed E-state index contributed by atoms with van der Waals surface area (Å²) in [6.45, 7) is 5.81. The number of nitrogens with one attached hydrogen (secondary N) is 1. The van der Waals surface area contributed by atoms with Crippen LogP contribution in [0.5, 0.6) is 11.5 Å². The number of allylic oxidation sites excluding steroid dienone is 1. The first kappa shape index (κ1) is 20.6. The molecular weight excluding hydrogens is 412 g/mol. The van der Waals surface area contributed by atoms with Crippen molar-refractivity contribution in [3.63, 3.8) is 0 Å². The highest BCUT2D eigenvalue weighted by Crippen LogP contribution is 2.34. The molecule has 0 aliphatic carbocycles. The van der Waals surface area contributed by atoms with E-state index in [4.69, 9.17) is 20.8 Å². The zero-order valence-corrected chi connectivity index (χ0v) is 18.1. The number of nitrogens with zero attached hydrogens (tertiary/aromatic N) is 3. The maximum atomic E-state index is 6.49. The van der Waals surface area contributed by atoms with Crippen LogP contribution < -0.4 is 10.1 Å². The predicted octanol–water partition coefficient (Wildman–Crippen LogP) is 6.97. The van der Waals surface area contributed by atoms with Crippen LogP contribution in [0.15, 0.2) is 65.5 Å². The van der Waals surface area contributed by atoms with Crippen molar-refractivity contribution in [2.24, 2.45) is 0 Å². The fraction of sp³-hybridized carbons (Fsp3) is 0.125. The summed E-state index contributed by atoms with van der Waals surface area (Å²) in [7, 11) is 0. The Hall–Kier alpha value is -3.64. The van der Waals surface area contributed by atoms with Gasteiger partial charge in [-0.1, -0.05) is 23.7 Å². The monoisotopic (exact) mass is 432 g/mol. The second-order valence-electron chi connectivity index (χ2n) is 6.93. The van der Waals surface area contributed by atoms with E-state index in [2.05, 4.69) is 20.3 Å². The van der Waals surface area contributed by atoms with E-state index in [-0.39, 0.29) is 0 Å². The van der Waals surface area contributed by atoms with E-state index in [0.717, 1.165) is 34.0 Å². The Bertz CT molecular complexity index is 1250. The minimum Gasteiger partial charge on any atom is -0.456 e. The number of hydrogen-bond donors (Lipinski definition) is 1. The number of anilines is 2. The van der Waals surface area contributed by atoms with Gasteiger partial charge < -0.3 is 14.5 Å². The molecule has 0 amide bonds. The van der Waals surface area contributed by atoms with Gasteiger partial charge in [0.25, 0.3) is 0 Å². The largest absolute Gasteiger partial charge is 0.456 e. The van der Waals surface area contributed by atoms with Crippen LogP contribution in [0.1, 0.15) is 23.9 Å². The van der Waals surface area contributed by atoms with Crippen molar-refractivity contribution in [2.75, 3.05) is 5.32 Å². The van der Waals surface area contributed by atoms with Gasteiger partial charge in [-0.3, -0.25) is 0 Å². The van der Waals surface area contributed by atoms with Crippen molar-refractivity contribution in [1.29, 1.82) is 0 Å². The minimum atomic E-state index is 0.475. The highest BCUT2D eigenvalue weighted by Gasteiger charge is 2.10. The topological polar surface area (TPSA) is 73.1 Å². The van der Waals surface area contributed by atoms with Gasteiger partial charge in [0.05, 0.1) is 16.4 Å².